The summed E-state index contributed by atoms with van der Waals surface area (Å²) < 4.78 is 10.5. The van der Waals surface area contributed by atoms with Crippen LogP contribution in [0.5, 0.6) is 11.5 Å². The van der Waals surface area contributed by atoms with Gasteiger partial charge in [0.05, 0.1) is 0 Å². The van der Waals surface area contributed by atoms with Crippen molar-refractivity contribution < 1.29 is 19.4 Å². The number of ether oxygens (including phenoxy) is 2. The van der Waals surface area contributed by atoms with Crippen LogP contribution in [0.1, 0.15) is 19.8 Å². The van der Waals surface area contributed by atoms with E-state index in [9.17, 15) is 4.79 Å². The maximum atomic E-state index is 10.4. The number of carboxylic acids is 1. The molecular formula is C12H15NO4. The predicted octanol–water partition coefficient (Wildman–Crippen LogP) is 2.08. The summed E-state index contributed by atoms with van der Waals surface area (Å²) >= 11 is 0. The number of carboxylic acid groups (broad SMARTS) is 1. The predicted molar refractivity (Wildman–Crippen MR) is 62.5 cm³/mol. The minimum atomic E-state index is -0.774. The third-order valence-electron chi connectivity index (χ3n) is 2.58. The van der Waals surface area contributed by atoms with Crippen LogP contribution in [-0.4, -0.2) is 23.9 Å². The highest BCUT2D eigenvalue weighted by Gasteiger charge is 2.14. The third kappa shape index (κ3) is 3.03. The van der Waals surface area contributed by atoms with Crippen LogP contribution < -0.4 is 14.8 Å². The first-order valence-electron chi connectivity index (χ1n) is 5.53. The number of anilines is 1. The molecule has 1 aromatic carbocycles. The minimum Gasteiger partial charge on any atom is -0.481 e. The molecule has 1 heterocycles. The molecule has 0 spiro atoms. The molecule has 0 aliphatic carbocycles. The van der Waals surface area contributed by atoms with Gasteiger partial charge in [-0.1, -0.05) is 0 Å². The highest BCUT2D eigenvalue weighted by molar-refractivity contribution is 5.66. The normalized spacial score (nSPS) is 14.4. The van der Waals surface area contributed by atoms with Crippen LogP contribution in [0, 0.1) is 0 Å². The Hall–Kier alpha value is -1.91. The van der Waals surface area contributed by atoms with Crippen molar-refractivity contribution in [2.75, 3.05) is 12.1 Å². The first kappa shape index (κ1) is 11.6. The molecule has 0 aromatic heterocycles. The Morgan fingerprint density at radius 3 is 3.00 bits per heavy atom. The molecule has 0 fully saturated rings. The molecule has 17 heavy (non-hydrogen) atoms. The molecule has 2 rings (SSSR count). The van der Waals surface area contributed by atoms with Gasteiger partial charge in [0.1, 0.15) is 0 Å². The Bertz CT molecular complexity index is 419. The van der Waals surface area contributed by atoms with Gasteiger partial charge in [0.25, 0.3) is 0 Å². The van der Waals surface area contributed by atoms with Gasteiger partial charge < -0.3 is 19.9 Å². The smallest absolute Gasteiger partial charge is 0.303 e. The van der Waals surface area contributed by atoms with Crippen molar-refractivity contribution in [3.63, 3.8) is 0 Å². The second-order valence-corrected chi connectivity index (χ2v) is 4.05. The van der Waals surface area contributed by atoms with Gasteiger partial charge in [-0.3, -0.25) is 4.79 Å². The SMILES string of the molecule is CC(CCC(=O)O)Nc1ccc2c(c1)OCO2. The number of benzene rings is 1. The fourth-order valence-corrected chi connectivity index (χ4v) is 1.68. The van der Waals surface area contributed by atoms with Crippen LogP contribution in [0.4, 0.5) is 5.69 Å². The van der Waals surface area contributed by atoms with Crippen molar-refractivity contribution in [3.8, 4) is 11.5 Å². The van der Waals surface area contributed by atoms with Gasteiger partial charge in [-0.15, -0.1) is 0 Å². The van der Waals surface area contributed by atoms with Gasteiger partial charge >= 0.3 is 5.97 Å². The Kier molecular flexibility index (Phi) is 3.37. The van der Waals surface area contributed by atoms with Crippen molar-refractivity contribution in [2.45, 2.75) is 25.8 Å². The number of hydrogen-bond acceptors (Lipinski definition) is 4. The van der Waals surface area contributed by atoms with Crippen LogP contribution in [0.2, 0.25) is 0 Å². The standard InChI is InChI=1S/C12H15NO4/c1-8(2-5-12(14)15)13-9-3-4-10-11(6-9)17-7-16-10/h3-4,6,8,13H,2,5,7H2,1H3,(H,14,15). The van der Waals surface area contributed by atoms with Crippen LogP contribution in [0.25, 0.3) is 0 Å². The fraction of sp³-hybridized carbons (Fsp3) is 0.417. The van der Waals surface area contributed by atoms with Gasteiger partial charge in [-0.25, -0.2) is 0 Å². The number of hydrogen-bond donors (Lipinski definition) is 2. The van der Waals surface area contributed by atoms with Gasteiger partial charge in [-0.2, -0.15) is 0 Å². The second kappa shape index (κ2) is 4.95. The summed E-state index contributed by atoms with van der Waals surface area (Å²) in [4.78, 5) is 10.4. The summed E-state index contributed by atoms with van der Waals surface area (Å²) in [5.74, 6) is 0.693. The van der Waals surface area contributed by atoms with E-state index < -0.39 is 5.97 Å². The molecule has 0 radical (unpaired) electrons. The van der Waals surface area contributed by atoms with Gasteiger partial charge in [0, 0.05) is 24.2 Å². The maximum Gasteiger partial charge on any atom is 0.303 e. The second-order valence-electron chi connectivity index (χ2n) is 4.05. The topological polar surface area (TPSA) is 67.8 Å². The summed E-state index contributed by atoms with van der Waals surface area (Å²) in [6, 6.07) is 5.70. The first-order valence-corrected chi connectivity index (χ1v) is 5.53. The zero-order chi connectivity index (χ0) is 12.3. The Labute approximate surface area is 99.3 Å². The average Bonchev–Trinajstić information content (AvgIpc) is 2.73. The van der Waals surface area contributed by atoms with Crippen LogP contribution in [0.3, 0.4) is 0 Å². The van der Waals surface area contributed by atoms with Gasteiger partial charge in [-0.05, 0) is 25.5 Å². The lowest BCUT2D eigenvalue weighted by molar-refractivity contribution is -0.137. The monoisotopic (exact) mass is 237 g/mol. The molecule has 0 bridgehead atoms. The molecule has 1 aliphatic heterocycles. The Morgan fingerprint density at radius 1 is 1.47 bits per heavy atom. The molecule has 1 aromatic rings. The quantitative estimate of drug-likeness (QED) is 0.820. The summed E-state index contributed by atoms with van der Waals surface area (Å²) in [7, 11) is 0. The van der Waals surface area contributed by atoms with Crippen molar-refractivity contribution in [1.29, 1.82) is 0 Å². The van der Waals surface area contributed by atoms with Crippen LogP contribution >= 0.6 is 0 Å². The molecule has 1 atom stereocenters. The molecule has 0 saturated heterocycles. The van der Waals surface area contributed by atoms with Crippen molar-refractivity contribution in [3.05, 3.63) is 18.2 Å². The number of nitrogens with one attached hydrogen (secondary N) is 1. The van der Waals surface area contributed by atoms with Crippen molar-refractivity contribution >= 4 is 11.7 Å². The first-order chi connectivity index (χ1) is 8.15. The molecule has 5 nitrogen and oxygen atoms in total. The highest BCUT2D eigenvalue weighted by atomic mass is 16.7. The maximum absolute atomic E-state index is 10.4. The van der Waals surface area contributed by atoms with Gasteiger partial charge in [0.2, 0.25) is 6.79 Å². The zero-order valence-corrected chi connectivity index (χ0v) is 9.60. The molecule has 1 aliphatic rings. The van der Waals surface area contributed by atoms with Crippen LogP contribution in [0.15, 0.2) is 18.2 Å². The average molecular weight is 237 g/mol. The summed E-state index contributed by atoms with van der Waals surface area (Å²) in [5.41, 5.74) is 0.909. The number of rotatable bonds is 5. The molecule has 92 valence electrons. The van der Waals surface area contributed by atoms with E-state index in [1.54, 1.807) is 0 Å². The van der Waals surface area contributed by atoms with E-state index in [2.05, 4.69) is 5.32 Å². The molecule has 0 saturated carbocycles. The molecule has 2 N–H and O–H groups in total. The van der Waals surface area contributed by atoms with Gasteiger partial charge in [0.15, 0.2) is 11.5 Å². The fourth-order valence-electron chi connectivity index (χ4n) is 1.68. The zero-order valence-electron chi connectivity index (χ0n) is 9.60. The van der Waals surface area contributed by atoms with E-state index in [-0.39, 0.29) is 19.3 Å². The summed E-state index contributed by atoms with van der Waals surface area (Å²) in [5, 5.41) is 11.8. The summed E-state index contributed by atoms with van der Waals surface area (Å²) in [6.07, 6.45) is 0.752. The van der Waals surface area contributed by atoms with Crippen molar-refractivity contribution in [1.82, 2.24) is 0 Å². The number of fused-ring (bicyclic) bond motifs is 1. The third-order valence-corrected chi connectivity index (χ3v) is 2.58. The van der Waals surface area contributed by atoms with E-state index in [0.29, 0.717) is 6.42 Å². The van der Waals surface area contributed by atoms with E-state index >= 15 is 0 Å². The molecule has 1 unspecified atom stereocenters. The lowest BCUT2D eigenvalue weighted by Crippen LogP contribution is -2.16. The van der Waals surface area contributed by atoms with E-state index in [1.807, 2.05) is 25.1 Å². The Balaban J connectivity index is 1.92. The Morgan fingerprint density at radius 2 is 2.24 bits per heavy atom. The van der Waals surface area contributed by atoms with Crippen molar-refractivity contribution in [2.24, 2.45) is 0 Å². The van der Waals surface area contributed by atoms with Crippen LogP contribution in [-0.2, 0) is 4.79 Å². The lowest BCUT2D eigenvalue weighted by atomic mass is 10.1. The number of carbonyl (C=O) groups is 1. The summed E-state index contributed by atoms with van der Waals surface area (Å²) in [6.45, 7) is 2.21. The largest absolute Gasteiger partial charge is 0.481 e. The lowest BCUT2D eigenvalue weighted by Gasteiger charge is -2.14. The molecular weight excluding hydrogens is 222 g/mol. The molecule has 5 heteroatoms. The van der Waals surface area contributed by atoms with E-state index in [4.69, 9.17) is 14.6 Å². The van der Waals surface area contributed by atoms with E-state index in [0.717, 1.165) is 17.2 Å². The molecule has 0 amide bonds. The highest BCUT2D eigenvalue weighted by Crippen LogP contribution is 2.34. The number of aliphatic carboxylic acids is 1. The van der Waals surface area contributed by atoms with E-state index in [1.165, 1.54) is 0 Å². The minimum absolute atomic E-state index is 0.103.